The molecule has 0 aliphatic carbocycles. The molecule has 0 spiro atoms. The quantitative estimate of drug-likeness (QED) is 0.104. The van der Waals surface area contributed by atoms with Crippen molar-refractivity contribution in [2.24, 2.45) is 0 Å². The van der Waals surface area contributed by atoms with Crippen LogP contribution in [0.15, 0.2) is 85.8 Å². The average Bonchev–Trinajstić information content (AvgIpc) is 3.40. The fourth-order valence-electron chi connectivity index (χ4n) is 4.28. The molecule has 3 N–H and O–H groups in total. The highest BCUT2D eigenvalue weighted by molar-refractivity contribution is 5.94. The maximum absolute atomic E-state index is 14.6. The van der Waals surface area contributed by atoms with Crippen LogP contribution in [0.5, 0.6) is 0 Å². The minimum Gasteiger partial charge on any atom is -0.474 e. The first-order chi connectivity index (χ1) is 21.4. The number of anilines is 1. The Morgan fingerprint density at radius 2 is 1.74 bits per heavy atom. The number of ether oxygens (including phenoxy) is 2. The highest BCUT2D eigenvalue weighted by Gasteiger charge is 2.32. The SMILES string of the molecule is C=C(NC(C)(C)C(=C)NC(COCc1ccccc1)C(=O)Nc1cn(C(C=O)c2ccc(C(F)(F)F)cc2F)cn1)OC(C)(C)C. The predicted molar refractivity (Wildman–Crippen MR) is 166 cm³/mol. The van der Waals surface area contributed by atoms with Crippen LogP contribution in [0, 0.1) is 5.82 Å². The number of imidazole rings is 1. The summed E-state index contributed by atoms with van der Waals surface area (Å²) in [6, 6.07) is 8.95. The summed E-state index contributed by atoms with van der Waals surface area (Å²) in [4.78, 5) is 29.5. The Labute approximate surface area is 265 Å². The summed E-state index contributed by atoms with van der Waals surface area (Å²) in [5.41, 5.74) is -1.49. The summed E-state index contributed by atoms with van der Waals surface area (Å²) in [5, 5.41) is 8.89. The van der Waals surface area contributed by atoms with Gasteiger partial charge in [0.05, 0.1) is 30.6 Å². The van der Waals surface area contributed by atoms with Gasteiger partial charge >= 0.3 is 6.18 Å². The molecular formula is C33H39F4N5O4. The summed E-state index contributed by atoms with van der Waals surface area (Å²) in [6.45, 7) is 17.4. The lowest BCUT2D eigenvalue weighted by molar-refractivity contribution is -0.137. The molecule has 0 aliphatic rings. The van der Waals surface area contributed by atoms with E-state index in [2.05, 4.69) is 34.1 Å². The van der Waals surface area contributed by atoms with Crippen LogP contribution >= 0.6 is 0 Å². The third kappa shape index (κ3) is 10.2. The summed E-state index contributed by atoms with van der Waals surface area (Å²) in [6.07, 6.45) is -1.96. The van der Waals surface area contributed by atoms with Crippen molar-refractivity contribution < 1.29 is 36.6 Å². The number of carbonyl (C=O) groups excluding carboxylic acids is 2. The van der Waals surface area contributed by atoms with E-state index in [9.17, 15) is 27.2 Å². The normalized spacial score (nSPS) is 13.3. The lowest BCUT2D eigenvalue weighted by atomic mass is 10.0. The van der Waals surface area contributed by atoms with E-state index in [-0.39, 0.29) is 24.6 Å². The van der Waals surface area contributed by atoms with Gasteiger partial charge < -0.3 is 34.8 Å². The molecule has 0 saturated heterocycles. The van der Waals surface area contributed by atoms with Gasteiger partial charge in [0, 0.05) is 17.5 Å². The van der Waals surface area contributed by atoms with Crippen LogP contribution in [-0.4, -0.2) is 45.5 Å². The second-order valence-corrected chi connectivity index (χ2v) is 12.1. The number of rotatable bonds is 15. The number of alkyl halides is 3. The third-order valence-electron chi connectivity index (χ3n) is 6.65. The van der Waals surface area contributed by atoms with E-state index in [1.165, 1.54) is 10.8 Å². The molecule has 0 saturated carbocycles. The molecule has 0 radical (unpaired) electrons. The topological polar surface area (TPSA) is 107 Å². The minimum absolute atomic E-state index is 0.00832. The van der Waals surface area contributed by atoms with Gasteiger partial charge in [0.15, 0.2) is 11.7 Å². The van der Waals surface area contributed by atoms with Gasteiger partial charge in [-0.15, -0.1) is 0 Å². The maximum Gasteiger partial charge on any atom is 0.416 e. The van der Waals surface area contributed by atoms with Crippen LogP contribution in [0.4, 0.5) is 23.4 Å². The molecule has 1 amide bonds. The molecule has 3 rings (SSSR count). The highest BCUT2D eigenvalue weighted by Crippen LogP contribution is 2.32. The first kappa shape index (κ1) is 35.8. The van der Waals surface area contributed by atoms with Crippen LogP contribution in [-0.2, 0) is 31.8 Å². The van der Waals surface area contributed by atoms with Crippen molar-refractivity contribution in [2.45, 2.75) is 70.6 Å². The standard InChI is InChI=1S/C33H39F4N5O4/c1-21(32(6,7)41-22(2)46-31(3,4)5)39-27(19-45-18-23-11-9-8-10-12-23)30(44)40-29-16-42(20-38-29)28(17-43)25-14-13-24(15-26(25)34)33(35,36)37/h8-17,20,27-28,39,41H,1-2,18-19H2,3-7H3,(H,40,44). The number of hydrogen-bond donors (Lipinski definition) is 3. The number of benzene rings is 2. The number of amides is 1. The third-order valence-corrected chi connectivity index (χ3v) is 6.65. The van der Waals surface area contributed by atoms with Crippen molar-refractivity contribution >= 4 is 18.0 Å². The summed E-state index contributed by atoms with van der Waals surface area (Å²) in [7, 11) is 0. The molecule has 2 unspecified atom stereocenters. The lowest BCUT2D eigenvalue weighted by Crippen LogP contribution is -2.51. The fourth-order valence-corrected chi connectivity index (χ4v) is 4.28. The van der Waals surface area contributed by atoms with Gasteiger partial charge in [0.25, 0.3) is 0 Å². The van der Waals surface area contributed by atoms with Crippen LogP contribution in [0.3, 0.4) is 0 Å². The largest absolute Gasteiger partial charge is 0.474 e. The molecule has 0 aliphatic heterocycles. The van der Waals surface area contributed by atoms with E-state index >= 15 is 0 Å². The lowest BCUT2D eigenvalue weighted by Gasteiger charge is -2.35. The number of nitrogens with one attached hydrogen (secondary N) is 3. The Morgan fingerprint density at radius 1 is 1.07 bits per heavy atom. The predicted octanol–water partition coefficient (Wildman–Crippen LogP) is 6.11. The molecule has 9 nitrogen and oxygen atoms in total. The first-order valence-corrected chi connectivity index (χ1v) is 14.3. The molecule has 2 atom stereocenters. The average molecular weight is 646 g/mol. The molecule has 1 aromatic heterocycles. The Morgan fingerprint density at radius 3 is 2.33 bits per heavy atom. The zero-order valence-electron chi connectivity index (χ0n) is 26.4. The van der Waals surface area contributed by atoms with E-state index in [0.29, 0.717) is 30.0 Å². The van der Waals surface area contributed by atoms with E-state index < -0.39 is 46.7 Å². The molecule has 0 fully saturated rings. The number of halogens is 4. The number of carbonyl (C=O) groups is 2. The second-order valence-electron chi connectivity index (χ2n) is 12.1. The Bertz CT molecular complexity index is 1530. The zero-order chi connectivity index (χ0) is 34.3. The summed E-state index contributed by atoms with van der Waals surface area (Å²) < 4.78 is 66.4. The second kappa shape index (κ2) is 14.6. The van der Waals surface area contributed by atoms with Gasteiger partial charge in [-0.25, -0.2) is 9.37 Å². The fraction of sp³-hybridized carbons (Fsp3) is 0.364. The van der Waals surface area contributed by atoms with Crippen LogP contribution < -0.4 is 16.0 Å². The van der Waals surface area contributed by atoms with Gasteiger partial charge in [0.1, 0.15) is 29.8 Å². The van der Waals surface area contributed by atoms with Crippen molar-refractivity contribution in [2.75, 3.05) is 11.9 Å². The molecule has 2 aromatic carbocycles. The van der Waals surface area contributed by atoms with Gasteiger partial charge in [0.2, 0.25) is 5.91 Å². The summed E-state index contributed by atoms with van der Waals surface area (Å²) >= 11 is 0. The minimum atomic E-state index is -4.75. The van der Waals surface area contributed by atoms with Crippen LogP contribution in [0.25, 0.3) is 0 Å². The van der Waals surface area contributed by atoms with Gasteiger partial charge in [-0.1, -0.05) is 43.0 Å². The van der Waals surface area contributed by atoms with Crippen molar-refractivity contribution in [3.8, 4) is 0 Å². The number of aromatic nitrogens is 2. The van der Waals surface area contributed by atoms with E-state index in [1.807, 2.05) is 65.0 Å². The van der Waals surface area contributed by atoms with E-state index in [4.69, 9.17) is 9.47 Å². The molecule has 13 heteroatoms. The smallest absolute Gasteiger partial charge is 0.416 e. The first-order valence-electron chi connectivity index (χ1n) is 14.3. The highest BCUT2D eigenvalue weighted by atomic mass is 19.4. The van der Waals surface area contributed by atoms with Gasteiger partial charge in [-0.2, -0.15) is 13.2 Å². The van der Waals surface area contributed by atoms with Gasteiger partial charge in [-0.05, 0) is 58.9 Å². The van der Waals surface area contributed by atoms with Crippen LogP contribution in [0.2, 0.25) is 0 Å². The maximum atomic E-state index is 14.6. The summed E-state index contributed by atoms with van der Waals surface area (Å²) in [5.74, 6) is -1.46. The molecule has 0 bridgehead atoms. The molecule has 1 heterocycles. The van der Waals surface area contributed by atoms with Crippen molar-refractivity contribution in [1.29, 1.82) is 0 Å². The zero-order valence-corrected chi connectivity index (χ0v) is 26.4. The van der Waals surface area contributed by atoms with Crippen molar-refractivity contribution in [3.05, 3.63) is 108 Å². The molecule has 248 valence electrons. The van der Waals surface area contributed by atoms with E-state index in [1.54, 1.807) is 0 Å². The Balaban J connectivity index is 1.77. The number of hydrogen-bond acceptors (Lipinski definition) is 7. The van der Waals surface area contributed by atoms with Crippen LogP contribution in [0.1, 0.15) is 57.4 Å². The van der Waals surface area contributed by atoms with Crippen molar-refractivity contribution in [1.82, 2.24) is 20.2 Å². The molecule has 46 heavy (non-hydrogen) atoms. The number of aldehydes is 1. The molecular weight excluding hydrogens is 606 g/mol. The molecule has 3 aromatic rings. The van der Waals surface area contributed by atoms with Gasteiger partial charge in [-0.3, -0.25) is 4.79 Å². The monoisotopic (exact) mass is 645 g/mol. The van der Waals surface area contributed by atoms with E-state index in [0.717, 1.165) is 18.0 Å². The van der Waals surface area contributed by atoms with Crippen molar-refractivity contribution in [3.63, 3.8) is 0 Å². The number of nitrogens with zero attached hydrogens (tertiary/aromatic N) is 2. The Hall–Kier alpha value is -4.65. The Kier molecular flexibility index (Phi) is 11.4.